The third-order valence-electron chi connectivity index (χ3n) is 4.13. The number of carbonyl (C=O) groups is 1. The van der Waals surface area contributed by atoms with Gasteiger partial charge in [-0.05, 0) is 18.1 Å². The van der Waals surface area contributed by atoms with Gasteiger partial charge in [-0.3, -0.25) is 13.9 Å². The van der Waals surface area contributed by atoms with E-state index in [0.29, 0.717) is 21.7 Å². The van der Waals surface area contributed by atoms with Gasteiger partial charge in [-0.2, -0.15) is 0 Å². The molecule has 136 valence electrons. The molecule has 7 heteroatoms. The van der Waals surface area contributed by atoms with Crippen LogP contribution in [0, 0.1) is 0 Å². The van der Waals surface area contributed by atoms with Crippen LogP contribution in [0.2, 0.25) is 0 Å². The fourth-order valence-corrected chi connectivity index (χ4v) is 3.67. The summed E-state index contributed by atoms with van der Waals surface area (Å²) in [5.74, 6) is -0.457. The number of hydrogen-bond acceptors (Lipinski definition) is 5. The molecular formula is C19H20N2O4S. The summed E-state index contributed by atoms with van der Waals surface area (Å²) in [6.07, 6.45) is 1.72. The second-order valence-electron chi connectivity index (χ2n) is 6.04. The highest BCUT2D eigenvalue weighted by molar-refractivity contribution is 7.20. The van der Waals surface area contributed by atoms with Gasteiger partial charge in [-0.25, -0.2) is 9.59 Å². The maximum Gasteiger partial charge on any atom is 0.348 e. The smallest absolute Gasteiger partial charge is 0.348 e. The molecule has 0 atom stereocenters. The molecule has 1 aromatic carbocycles. The third-order valence-corrected chi connectivity index (χ3v) is 5.32. The van der Waals surface area contributed by atoms with Gasteiger partial charge in [0.05, 0.1) is 18.5 Å². The van der Waals surface area contributed by atoms with Crippen molar-refractivity contribution in [2.24, 2.45) is 7.05 Å². The van der Waals surface area contributed by atoms with Gasteiger partial charge in [0, 0.05) is 7.05 Å². The second kappa shape index (κ2) is 7.70. The lowest BCUT2D eigenvalue weighted by molar-refractivity contribution is 0.0505. The lowest BCUT2D eigenvalue weighted by atomic mass is 10.2. The molecule has 0 saturated heterocycles. The minimum atomic E-state index is -0.457. The Morgan fingerprint density at radius 1 is 1.19 bits per heavy atom. The quantitative estimate of drug-likeness (QED) is 0.493. The van der Waals surface area contributed by atoms with E-state index in [0.717, 1.165) is 29.7 Å². The number of rotatable bonds is 6. The van der Waals surface area contributed by atoms with E-state index in [1.165, 1.54) is 15.2 Å². The van der Waals surface area contributed by atoms with Crippen LogP contribution in [0.5, 0.6) is 0 Å². The van der Waals surface area contributed by atoms with Crippen molar-refractivity contribution in [3.8, 4) is 0 Å². The molecule has 0 amide bonds. The van der Waals surface area contributed by atoms with E-state index in [4.69, 9.17) is 4.74 Å². The number of thiophene rings is 1. The van der Waals surface area contributed by atoms with Crippen LogP contribution in [-0.2, 0) is 18.3 Å². The van der Waals surface area contributed by atoms with E-state index in [1.54, 1.807) is 7.05 Å². The molecule has 0 aliphatic carbocycles. The predicted octanol–water partition coefficient (Wildman–Crippen LogP) is 2.77. The third kappa shape index (κ3) is 3.48. The Kier molecular flexibility index (Phi) is 5.37. The maximum atomic E-state index is 12.8. The maximum absolute atomic E-state index is 12.8. The Balaban J connectivity index is 2.03. The van der Waals surface area contributed by atoms with Crippen LogP contribution in [-0.4, -0.2) is 21.7 Å². The Morgan fingerprint density at radius 2 is 1.92 bits per heavy atom. The van der Waals surface area contributed by atoms with Crippen LogP contribution in [0.4, 0.5) is 0 Å². The molecule has 6 nitrogen and oxygen atoms in total. The van der Waals surface area contributed by atoms with Gasteiger partial charge in [-0.1, -0.05) is 43.7 Å². The minimum Gasteiger partial charge on any atom is -0.462 e. The van der Waals surface area contributed by atoms with E-state index >= 15 is 0 Å². The molecule has 0 aliphatic heterocycles. The van der Waals surface area contributed by atoms with Gasteiger partial charge in [0.2, 0.25) is 0 Å². The summed E-state index contributed by atoms with van der Waals surface area (Å²) < 4.78 is 7.81. The summed E-state index contributed by atoms with van der Waals surface area (Å²) in [5, 5.41) is 0.357. The number of aryl methyl sites for hydroxylation is 1. The van der Waals surface area contributed by atoms with Crippen LogP contribution in [0.3, 0.4) is 0 Å². The van der Waals surface area contributed by atoms with Gasteiger partial charge < -0.3 is 4.74 Å². The molecule has 0 fully saturated rings. The van der Waals surface area contributed by atoms with Crippen LogP contribution >= 0.6 is 11.3 Å². The van der Waals surface area contributed by atoms with Crippen molar-refractivity contribution in [1.82, 2.24) is 9.13 Å². The van der Waals surface area contributed by atoms with Crippen molar-refractivity contribution in [2.45, 2.75) is 26.3 Å². The minimum absolute atomic E-state index is 0.189. The lowest BCUT2D eigenvalue weighted by Crippen LogP contribution is -2.38. The first-order valence-electron chi connectivity index (χ1n) is 8.47. The Morgan fingerprint density at radius 3 is 2.62 bits per heavy atom. The molecule has 3 rings (SSSR count). The summed E-state index contributed by atoms with van der Waals surface area (Å²) in [4.78, 5) is 38.4. The first kappa shape index (κ1) is 18.1. The zero-order valence-corrected chi connectivity index (χ0v) is 15.5. The van der Waals surface area contributed by atoms with E-state index in [9.17, 15) is 14.4 Å². The van der Waals surface area contributed by atoms with E-state index in [-0.39, 0.29) is 6.54 Å². The van der Waals surface area contributed by atoms with Gasteiger partial charge in [0.25, 0.3) is 5.56 Å². The van der Waals surface area contributed by atoms with Crippen molar-refractivity contribution in [2.75, 3.05) is 6.61 Å². The average molecular weight is 372 g/mol. The van der Waals surface area contributed by atoms with Crippen molar-refractivity contribution >= 4 is 27.5 Å². The molecule has 26 heavy (non-hydrogen) atoms. The zero-order valence-electron chi connectivity index (χ0n) is 14.7. The molecule has 0 N–H and O–H groups in total. The second-order valence-corrected chi connectivity index (χ2v) is 7.07. The molecule has 2 heterocycles. The Hall–Kier alpha value is -2.67. The fourth-order valence-electron chi connectivity index (χ4n) is 2.67. The monoisotopic (exact) mass is 372 g/mol. The van der Waals surface area contributed by atoms with Crippen molar-refractivity contribution in [1.29, 1.82) is 0 Å². The summed E-state index contributed by atoms with van der Waals surface area (Å²) in [7, 11) is 1.61. The molecule has 2 aromatic heterocycles. The highest BCUT2D eigenvalue weighted by atomic mass is 32.1. The normalized spacial score (nSPS) is 11.0. The number of ether oxygens (including phenoxy) is 1. The van der Waals surface area contributed by atoms with Crippen LogP contribution < -0.4 is 11.2 Å². The number of benzene rings is 1. The molecule has 0 aliphatic rings. The standard InChI is InChI=1S/C19H20N2O4S/c1-3-4-10-25-18(23)15-11-14-16(22)21(12-13-8-6-5-7-9-13)19(24)20(2)17(14)26-15/h5-9,11H,3-4,10,12H2,1-2H3. The first-order chi connectivity index (χ1) is 12.5. The van der Waals surface area contributed by atoms with Gasteiger partial charge in [0.15, 0.2) is 0 Å². The van der Waals surface area contributed by atoms with E-state index < -0.39 is 17.2 Å². The number of nitrogens with zero attached hydrogens (tertiary/aromatic N) is 2. The van der Waals surface area contributed by atoms with E-state index in [1.807, 2.05) is 37.3 Å². The summed E-state index contributed by atoms with van der Waals surface area (Å²) >= 11 is 1.11. The van der Waals surface area contributed by atoms with Gasteiger partial charge >= 0.3 is 11.7 Å². The molecule has 0 bridgehead atoms. The van der Waals surface area contributed by atoms with Crippen LogP contribution in [0.15, 0.2) is 46.0 Å². The first-order valence-corrected chi connectivity index (χ1v) is 9.29. The highest BCUT2D eigenvalue weighted by Gasteiger charge is 2.18. The fraction of sp³-hybridized carbons (Fsp3) is 0.316. The van der Waals surface area contributed by atoms with Crippen molar-refractivity contribution < 1.29 is 9.53 Å². The molecular weight excluding hydrogens is 352 g/mol. The average Bonchev–Trinajstić information content (AvgIpc) is 3.10. The SMILES string of the molecule is CCCCOC(=O)c1cc2c(=O)n(Cc3ccccc3)c(=O)n(C)c2s1. The summed E-state index contributed by atoms with van der Waals surface area (Å²) in [5.41, 5.74) is 0.0652. The topological polar surface area (TPSA) is 70.3 Å². The molecule has 0 spiro atoms. The molecule has 3 aromatic rings. The summed E-state index contributed by atoms with van der Waals surface area (Å²) in [6.45, 7) is 2.55. The number of carbonyl (C=O) groups excluding carboxylic acids is 1. The zero-order chi connectivity index (χ0) is 18.7. The largest absolute Gasteiger partial charge is 0.462 e. The van der Waals surface area contributed by atoms with Gasteiger partial charge in [-0.15, -0.1) is 11.3 Å². The van der Waals surface area contributed by atoms with Gasteiger partial charge in [0.1, 0.15) is 9.71 Å². The van der Waals surface area contributed by atoms with Crippen molar-refractivity contribution in [3.05, 3.63) is 67.7 Å². The van der Waals surface area contributed by atoms with E-state index in [2.05, 4.69) is 0 Å². The number of hydrogen-bond donors (Lipinski definition) is 0. The van der Waals surface area contributed by atoms with Crippen LogP contribution in [0.1, 0.15) is 35.0 Å². The number of fused-ring (bicyclic) bond motifs is 1. The molecule has 0 unspecified atom stereocenters. The predicted molar refractivity (Wildman–Crippen MR) is 102 cm³/mol. The number of esters is 1. The highest BCUT2D eigenvalue weighted by Crippen LogP contribution is 2.22. The summed E-state index contributed by atoms with van der Waals surface area (Å²) in [6, 6.07) is 10.8. The number of aromatic nitrogens is 2. The lowest BCUT2D eigenvalue weighted by Gasteiger charge is -2.08. The Bertz CT molecular complexity index is 1050. The number of unbranched alkanes of at least 4 members (excludes halogenated alkanes) is 1. The molecule has 0 radical (unpaired) electrons. The van der Waals surface area contributed by atoms with Crippen molar-refractivity contribution in [3.63, 3.8) is 0 Å². The molecule has 0 saturated carbocycles. The Labute approximate surface area is 154 Å². The van der Waals surface area contributed by atoms with Crippen LogP contribution in [0.25, 0.3) is 10.2 Å².